The summed E-state index contributed by atoms with van der Waals surface area (Å²) < 4.78 is 60.5. The van der Waals surface area contributed by atoms with E-state index in [1.165, 1.54) is 12.4 Å². The van der Waals surface area contributed by atoms with Crippen LogP contribution in [-0.4, -0.2) is 54.4 Å². The van der Waals surface area contributed by atoms with Crippen LogP contribution < -0.4 is 0 Å². The first kappa shape index (κ1) is 18.6. The van der Waals surface area contributed by atoms with E-state index >= 15 is 0 Å². The van der Waals surface area contributed by atoms with Gasteiger partial charge in [-0.05, 0) is 30.4 Å². The van der Waals surface area contributed by atoms with Gasteiger partial charge >= 0.3 is 6.18 Å². The molecule has 1 spiro atoms. The predicted molar refractivity (Wildman–Crippen MR) is 86.7 cm³/mol. The first-order chi connectivity index (χ1) is 11.4. The molecule has 0 atom stereocenters. The van der Waals surface area contributed by atoms with Crippen LogP contribution >= 0.6 is 0 Å². The summed E-state index contributed by atoms with van der Waals surface area (Å²) in [6, 6.07) is 0. The molecule has 0 aromatic carbocycles. The Balaban J connectivity index is 1.57. The molecule has 1 aromatic heterocycles. The molecular weight excluding hydrogens is 355 g/mol. The normalized spacial score (nSPS) is 22.9. The van der Waals surface area contributed by atoms with Gasteiger partial charge in [0.05, 0.1) is 11.5 Å². The van der Waals surface area contributed by atoms with Gasteiger partial charge in [0.15, 0.2) is 9.84 Å². The van der Waals surface area contributed by atoms with Crippen molar-refractivity contribution >= 4 is 9.84 Å². The highest BCUT2D eigenvalue weighted by molar-refractivity contribution is 7.92. The standard InChI is InChI=1S/C16H22F3N3O2S/c1-14(2,5-12-6-20-13(21-7-12)16(17,18)19)8-22-4-3-15(9-22)10-25(23,24)11-15/h6-7H,3-5,8-11H2,1-2H3. The van der Waals surface area contributed by atoms with E-state index in [9.17, 15) is 21.6 Å². The minimum atomic E-state index is -4.53. The van der Waals surface area contributed by atoms with Crippen LogP contribution in [0.4, 0.5) is 13.2 Å². The van der Waals surface area contributed by atoms with Crippen molar-refractivity contribution in [3.05, 3.63) is 23.8 Å². The summed E-state index contributed by atoms with van der Waals surface area (Å²) in [5.41, 5.74) is 0.419. The average Bonchev–Trinajstić information content (AvgIpc) is 2.78. The second kappa shape index (κ2) is 5.90. The van der Waals surface area contributed by atoms with Gasteiger partial charge < -0.3 is 4.90 Å². The molecule has 3 heterocycles. The minimum Gasteiger partial charge on any atom is -0.302 e. The lowest BCUT2D eigenvalue weighted by atomic mass is 9.86. The molecule has 0 unspecified atom stereocenters. The van der Waals surface area contributed by atoms with Crippen LogP contribution in [0.5, 0.6) is 0 Å². The quantitative estimate of drug-likeness (QED) is 0.805. The smallest absolute Gasteiger partial charge is 0.302 e. The molecule has 25 heavy (non-hydrogen) atoms. The van der Waals surface area contributed by atoms with Crippen molar-refractivity contribution in [2.45, 2.75) is 32.9 Å². The van der Waals surface area contributed by atoms with Crippen LogP contribution in [-0.2, 0) is 22.4 Å². The summed E-state index contributed by atoms with van der Waals surface area (Å²) >= 11 is 0. The Morgan fingerprint density at radius 1 is 1.20 bits per heavy atom. The first-order valence-corrected chi connectivity index (χ1v) is 10.0. The second-order valence-electron chi connectivity index (χ2n) is 8.25. The molecule has 0 N–H and O–H groups in total. The Morgan fingerprint density at radius 2 is 1.80 bits per heavy atom. The van der Waals surface area contributed by atoms with E-state index < -0.39 is 21.8 Å². The predicted octanol–water partition coefficient (Wildman–Crippen LogP) is 2.18. The van der Waals surface area contributed by atoms with E-state index in [1.807, 2.05) is 13.8 Å². The Bertz CT molecular complexity index is 733. The third kappa shape index (κ3) is 4.31. The molecule has 140 valence electrons. The zero-order valence-corrected chi connectivity index (χ0v) is 15.1. The number of halogens is 3. The van der Waals surface area contributed by atoms with E-state index in [0.29, 0.717) is 12.0 Å². The molecule has 2 saturated heterocycles. The van der Waals surface area contributed by atoms with Gasteiger partial charge in [-0.1, -0.05) is 13.8 Å². The number of hydrogen-bond donors (Lipinski definition) is 0. The highest BCUT2D eigenvalue weighted by atomic mass is 32.2. The van der Waals surface area contributed by atoms with Gasteiger partial charge in [-0.15, -0.1) is 0 Å². The van der Waals surface area contributed by atoms with Gasteiger partial charge in [-0.2, -0.15) is 13.2 Å². The number of aromatic nitrogens is 2. The van der Waals surface area contributed by atoms with Gasteiger partial charge in [-0.25, -0.2) is 18.4 Å². The summed E-state index contributed by atoms with van der Waals surface area (Å²) in [7, 11) is -2.84. The van der Waals surface area contributed by atoms with Crippen LogP contribution in [0.25, 0.3) is 0 Å². The number of rotatable bonds is 4. The van der Waals surface area contributed by atoms with Crippen LogP contribution in [0.3, 0.4) is 0 Å². The number of nitrogens with zero attached hydrogens (tertiary/aromatic N) is 3. The molecule has 2 fully saturated rings. The van der Waals surface area contributed by atoms with Crippen molar-refractivity contribution in [2.75, 3.05) is 31.1 Å². The van der Waals surface area contributed by atoms with Crippen molar-refractivity contribution in [3.63, 3.8) is 0 Å². The third-order valence-electron chi connectivity index (χ3n) is 4.86. The van der Waals surface area contributed by atoms with E-state index in [2.05, 4.69) is 14.9 Å². The fourth-order valence-electron chi connectivity index (χ4n) is 4.10. The Kier molecular flexibility index (Phi) is 4.39. The molecule has 1 aromatic rings. The lowest BCUT2D eigenvalue weighted by molar-refractivity contribution is -0.145. The largest absolute Gasteiger partial charge is 0.451 e. The molecule has 2 aliphatic rings. The van der Waals surface area contributed by atoms with Gasteiger partial charge in [0.1, 0.15) is 0 Å². The summed E-state index contributed by atoms with van der Waals surface area (Å²) in [5.74, 6) is -0.561. The molecular formula is C16H22F3N3O2S. The number of alkyl halides is 3. The average molecular weight is 377 g/mol. The lowest BCUT2D eigenvalue weighted by Gasteiger charge is -2.38. The fraction of sp³-hybridized carbons (Fsp3) is 0.750. The highest BCUT2D eigenvalue weighted by Gasteiger charge is 2.52. The third-order valence-corrected chi connectivity index (χ3v) is 6.97. The molecule has 0 aliphatic carbocycles. The van der Waals surface area contributed by atoms with E-state index in [4.69, 9.17) is 0 Å². The molecule has 0 saturated carbocycles. The fourth-order valence-corrected chi connectivity index (χ4v) is 6.35. The Hall–Kier alpha value is -1.22. The molecule has 0 amide bonds. The Morgan fingerprint density at radius 3 is 2.32 bits per heavy atom. The lowest BCUT2D eigenvalue weighted by Crippen LogP contribution is -2.50. The van der Waals surface area contributed by atoms with Crippen molar-refractivity contribution in [1.82, 2.24) is 14.9 Å². The number of sulfone groups is 1. The van der Waals surface area contributed by atoms with Crippen molar-refractivity contribution in [3.8, 4) is 0 Å². The monoisotopic (exact) mass is 377 g/mol. The van der Waals surface area contributed by atoms with Crippen molar-refractivity contribution < 1.29 is 21.6 Å². The number of likely N-dealkylation sites (tertiary alicyclic amines) is 1. The molecule has 0 bridgehead atoms. The topological polar surface area (TPSA) is 63.2 Å². The van der Waals surface area contributed by atoms with E-state index in [0.717, 1.165) is 26.1 Å². The first-order valence-electron chi connectivity index (χ1n) is 8.19. The minimum absolute atomic E-state index is 0.0770. The maximum atomic E-state index is 12.5. The molecule has 3 rings (SSSR count). The van der Waals surface area contributed by atoms with Crippen LogP contribution in [0.2, 0.25) is 0 Å². The second-order valence-corrected chi connectivity index (χ2v) is 10.3. The summed E-state index contributed by atoms with van der Waals surface area (Å²) in [5, 5.41) is 0. The van der Waals surface area contributed by atoms with Crippen LogP contribution in [0.15, 0.2) is 12.4 Å². The molecule has 5 nitrogen and oxygen atoms in total. The van der Waals surface area contributed by atoms with Gasteiger partial charge in [-0.3, -0.25) is 0 Å². The summed E-state index contributed by atoms with van der Waals surface area (Å²) in [4.78, 5) is 9.09. The number of hydrogen-bond acceptors (Lipinski definition) is 5. The van der Waals surface area contributed by atoms with Crippen molar-refractivity contribution in [2.24, 2.45) is 10.8 Å². The maximum Gasteiger partial charge on any atom is 0.451 e. The van der Waals surface area contributed by atoms with E-state index in [1.54, 1.807) is 0 Å². The highest BCUT2D eigenvalue weighted by Crippen LogP contribution is 2.42. The SMILES string of the molecule is CC(C)(Cc1cnc(C(F)(F)F)nc1)CN1CCC2(C1)CS(=O)(=O)C2. The zero-order chi connectivity index (χ0) is 18.5. The summed E-state index contributed by atoms with van der Waals surface area (Å²) in [6.07, 6.45) is -0.594. The zero-order valence-electron chi connectivity index (χ0n) is 14.3. The van der Waals surface area contributed by atoms with Crippen molar-refractivity contribution in [1.29, 1.82) is 0 Å². The summed E-state index contributed by atoms with van der Waals surface area (Å²) in [6.45, 7) is 6.50. The van der Waals surface area contributed by atoms with Crippen LogP contribution in [0.1, 0.15) is 31.7 Å². The van der Waals surface area contributed by atoms with Gasteiger partial charge in [0.2, 0.25) is 5.82 Å². The molecule has 0 radical (unpaired) electrons. The molecule has 2 aliphatic heterocycles. The Labute approximate surface area is 145 Å². The van der Waals surface area contributed by atoms with Gasteiger partial charge in [0, 0.05) is 30.9 Å². The van der Waals surface area contributed by atoms with Gasteiger partial charge in [0.25, 0.3) is 0 Å². The van der Waals surface area contributed by atoms with E-state index in [-0.39, 0.29) is 22.3 Å². The maximum absolute atomic E-state index is 12.5. The molecule has 9 heteroatoms. The van der Waals surface area contributed by atoms with Crippen LogP contribution in [0, 0.1) is 10.8 Å².